The quantitative estimate of drug-likeness (QED) is 0.390. The average Bonchev–Trinajstić information content (AvgIpc) is 3.11. The summed E-state index contributed by atoms with van der Waals surface area (Å²) in [4.78, 5) is 12.4. The summed E-state index contributed by atoms with van der Waals surface area (Å²) in [5, 5.41) is 12.2. The summed E-state index contributed by atoms with van der Waals surface area (Å²) < 4.78 is 8.03. The number of ether oxygens (including phenoxy) is 1. The summed E-state index contributed by atoms with van der Waals surface area (Å²) in [6.07, 6.45) is 1.48. The van der Waals surface area contributed by atoms with Gasteiger partial charge in [0.15, 0.2) is 17.1 Å². The zero-order valence-electron chi connectivity index (χ0n) is 17.5. The Bertz CT molecular complexity index is 1030. The largest absolute Gasteiger partial charge is 0.482 e. The zero-order valence-corrected chi connectivity index (χ0v) is 18.3. The molecule has 1 unspecified atom stereocenters. The van der Waals surface area contributed by atoms with E-state index in [-0.39, 0.29) is 17.8 Å². The molecule has 1 N–H and O–H groups in total. The van der Waals surface area contributed by atoms with Gasteiger partial charge in [-0.25, -0.2) is 0 Å². The Morgan fingerprint density at radius 1 is 1.23 bits per heavy atom. The van der Waals surface area contributed by atoms with E-state index in [2.05, 4.69) is 22.1 Å². The Balaban J connectivity index is 1.68. The monoisotopic (exact) mass is 422 g/mol. The van der Waals surface area contributed by atoms with Gasteiger partial charge >= 0.3 is 0 Å². The summed E-state index contributed by atoms with van der Waals surface area (Å²) in [5.74, 6) is 1.64. The van der Waals surface area contributed by atoms with E-state index < -0.39 is 0 Å². The van der Waals surface area contributed by atoms with Crippen molar-refractivity contribution in [1.82, 2.24) is 14.8 Å². The van der Waals surface area contributed by atoms with Crippen LogP contribution in [-0.2, 0) is 11.3 Å². The maximum Gasteiger partial charge on any atom is 0.234 e. The number of thioether (sulfide) groups is 1. The number of allylic oxidation sites excluding steroid dienone is 1. The molecule has 0 saturated carbocycles. The van der Waals surface area contributed by atoms with Gasteiger partial charge in [-0.2, -0.15) is 0 Å². The van der Waals surface area contributed by atoms with Gasteiger partial charge in [-0.1, -0.05) is 48.2 Å². The fourth-order valence-corrected chi connectivity index (χ4v) is 3.74. The van der Waals surface area contributed by atoms with E-state index in [1.54, 1.807) is 6.08 Å². The van der Waals surface area contributed by atoms with Gasteiger partial charge < -0.3 is 10.1 Å². The van der Waals surface area contributed by atoms with Gasteiger partial charge in [0.2, 0.25) is 5.91 Å². The first-order valence-corrected chi connectivity index (χ1v) is 10.7. The summed E-state index contributed by atoms with van der Waals surface area (Å²) in [7, 11) is 0. The van der Waals surface area contributed by atoms with Crippen LogP contribution >= 0.6 is 11.8 Å². The van der Waals surface area contributed by atoms with Gasteiger partial charge in [0.25, 0.3) is 0 Å². The van der Waals surface area contributed by atoms with Crippen molar-refractivity contribution in [3.8, 4) is 5.75 Å². The fraction of sp³-hybridized carbons (Fsp3) is 0.261. The second kappa shape index (κ2) is 10.1. The minimum Gasteiger partial charge on any atom is -0.482 e. The number of nitrogens with zero attached hydrogens (tertiary/aromatic N) is 3. The molecule has 0 saturated heterocycles. The molecular formula is C23H26N4O2S. The Kier molecular flexibility index (Phi) is 7.30. The third-order valence-electron chi connectivity index (χ3n) is 4.45. The van der Waals surface area contributed by atoms with Crippen LogP contribution in [-0.4, -0.2) is 26.4 Å². The summed E-state index contributed by atoms with van der Waals surface area (Å²) in [5.41, 5.74) is 2.94. The molecule has 1 heterocycles. The molecule has 30 heavy (non-hydrogen) atoms. The molecule has 0 fully saturated rings. The zero-order chi connectivity index (χ0) is 21.5. The highest BCUT2D eigenvalue weighted by Crippen LogP contribution is 2.26. The molecule has 0 spiro atoms. The van der Waals surface area contributed by atoms with Crippen LogP contribution < -0.4 is 10.1 Å². The van der Waals surface area contributed by atoms with Gasteiger partial charge in [0.1, 0.15) is 5.75 Å². The van der Waals surface area contributed by atoms with Crippen LogP contribution in [0.4, 0.5) is 5.69 Å². The Labute approximate surface area is 181 Å². The van der Waals surface area contributed by atoms with E-state index in [0.29, 0.717) is 17.5 Å². The van der Waals surface area contributed by atoms with Crippen molar-refractivity contribution in [1.29, 1.82) is 0 Å². The molecule has 0 radical (unpaired) electrons. The van der Waals surface area contributed by atoms with Crippen LogP contribution in [0, 0.1) is 13.8 Å². The van der Waals surface area contributed by atoms with Crippen molar-refractivity contribution in [2.75, 3.05) is 11.1 Å². The second-order valence-electron chi connectivity index (χ2n) is 6.97. The molecule has 0 aliphatic rings. The van der Waals surface area contributed by atoms with Gasteiger partial charge in [-0.05, 0) is 50.1 Å². The second-order valence-corrected chi connectivity index (χ2v) is 7.91. The molecule has 1 aromatic heterocycles. The van der Waals surface area contributed by atoms with Crippen LogP contribution in [0.1, 0.15) is 30.0 Å². The minimum absolute atomic E-state index is 0.0930. The molecule has 0 aliphatic heterocycles. The first-order valence-electron chi connectivity index (χ1n) is 9.73. The molecule has 1 amide bonds. The SMILES string of the molecule is C=CCn1c(SCC(=O)Nc2cccc(C)c2)nnc1C(C)Oc1ccccc1C. The first-order chi connectivity index (χ1) is 14.5. The van der Waals surface area contributed by atoms with Crippen molar-refractivity contribution in [3.05, 3.63) is 78.1 Å². The van der Waals surface area contributed by atoms with Gasteiger partial charge in [0, 0.05) is 12.2 Å². The van der Waals surface area contributed by atoms with Gasteiger partial charge in [0.05, 0.1) is 5.75 Å². The highest BCUT2D eigenvalue weighted by molar-refractivity contribution is 7.99. The molecule has 156 valence electrons. The number of amides is 1. The van der Waals surface area contributed by atoms with Crippen LogP contribution in [0.15, 0.2) is 66.3 Å². The molecule has 0 aliphatic carbocycles. The lowest BCUT2D eigenvalue weighted by Crippen LogP contribution is -2.15. The predicted octanol–water partition coefficient (Wildman–Crippen LogP) is 4.95. The van der Waals surface area contributed by atoms with E-state index in [0.717, 1.165) is 22.6 Å². The first kappa shape index (κ1) is 21.6. The lowest BCUT2D eigenvalue weighted by atomic mass is 10.2. The molecular weight excluding hydrogens is 396 g/mol. The third-order valence-corrected chi connectivity index (χ3v) is 5.42. The summed E-state index contributed by atoms with van der Waals surface area (Å²) in [6, 6.07) is 15.6. The Morgan fingerprint density at radius 2 is 2.03 bits per heavy atom. The van der Waals surface area contributed by atoms with Gasteiger partial charge in [-0.3, -0.25) is 9.36 Å². The van der Waals surface area contributed by atoms with E-state index in [9.17, 15) is 4.79 Å². The molecule has 2 aromatic carbocycles. The molecule has 6 nitrogen and oxygen atoms in total. The smallest absolute Gasteiger partial charge is 0.234 e. The summed E-state index contributed by atoms with van der Waals surface area (Å²) in [6.45, 7) is 10.3. The van der Waals surface area contributed by atoms with Crippen LogP contribution in [0.25, 0.3) is 0 Å². The van der Waals surface area contributed by atoms with Crippen LogP contribution in [0.5, 0.6) is 5.75 Å². The normalized spacial score (nSPS) is 11.7. The number of anilines is 1. The van der Waals surface area contributed by atoms with Crippen LogP contribution in [0.3, 0.4) is 0 Å². The Hall–Kier alpha value is -3.06. The van der Waals surface area contributed by atoms with Crippen molar-refractivity contribution >= 4 is 23.4 Å². The number of aromatic nitrogens is 3. The number of aryl methyl sites for hydroxylation is 2. The topological polar surface area (TPSA) is 69.0 Å². The van der Waals surface area contributed by atoms with Gasteiger partial charge in [-0.15, -0.1) is 16.8 Å². The van der Waals surface area contributed by atoms with E-state index in [1.165, 1.54) is 11.8 Å². The highest BCUT2D eigenvalue weighted by atomic mass is 32.2. The highest BCUT2D eigenvalue weighted by Gasteiger charge is 2.20. The molecule has 7 heteroatoms. The number of hydrogen-bond acceptors (Lipinski definition) is 5. The van der Waals surface area contributed by atoms with Crippen LogP contribution in [0.2, 0.25) is 0 Å². The Morgan fingerprint density at radius 3 is 2.77 bits per heavy atom. The van der Waals surface area contributed by atoms with Crippen molar-refractivity contribution in [3.63, 3.8) is 0 Å². The third kappa shape index (κ3) is 5.51. The predicted molar refractivity (Wildman–Crippen MR) is 121 cm³/mol. The number of rotatable bonds is 9. The lowest BCUT2D eigenvalue weighted by Gasteiger charge is -2.17. The van der Waals surface area contributed by atoms with Crippen molar-refractivity contribution in [2.45, 2.75) is 38.6 Å². The minimum atomic E-state index is -0.297. The number of benzene rings is 2. The van der Waals surface area contributed by atoms with Crippen molar-refractivity contribution in [2.24, 2.45) is 0 Å². The van der Waals surface area contributed by atoms with Crippen molar-refractivity contribution < 1.29 is 9.53 Å². The lowest BCUT2D eigenvalue weighted by molar-refractivity contribution is -0.113. The number of nitrogens with one attached hydrogen (secondary N) is 1. The van der Waals surface area contributed by atoms with E-state index >= 15 is 0 Å². The maximum atomic E-state index is 12.4. The molecule has 1 atom stereocenters. The molecule has 0 bridgehead atoms. The van der Waals surface area contributed by atoms with E-state index in [1.807, 2.05) is 73.9 Å². The maximum absolute atomic E-state index is 12.4. The number of carbonyl (C=O) groups is 1. The average molecular weight is 423 g/mol. The molecule has 3 aromatic rings. The number of carbonyl (C=O) groups excluding carboxylic acids is 1. The fourth-order valence-electron chi connectivity index (χ4n) is 2.99. The van der Waals surface area contributed by atoms with E-state index in [4.69, 9.17) is 4.74 Å². The summed E-state index contributed by atoms with van der Waals surface area (Å²) >= 11 is 1.34. The number of hydrogen-bond donors (Lipinski definition) is 1. The standard InChI is InChI=1S/C23H26N4O2S/c1-5-13-27-22(18(4)29-20-12-7-6-10-17(20)3)25-26-23(27)30-15-21(28)24-19-11-8-9-16(2)14-19/h5-12,14,18H,1,13,15H2,2-4H3,(H,24,28). The molecule has 3 rings (SSSR count). The number of para-hydroxylation sites is 1.